The van der Waals surface area contributed by atoms with E-state index in [9.17, 15) is 9.59 Å². The van der Waals surface area contributed by atoms with E-state index in [0.29, 0.717) is 37.4 Å². The average Bonchev–Trinajstić information content (AvgIpc) is 3.35. The van der Waals surface area contributed by atoms with Crippen LogP contribution in [0.2, 0.25) is 0 Å². The fourth-order valence-corrected chi connectivity index (χ4v) is 4.55. The first-order valence-corrected chi connectivity index (χ1v) is 12.8. The zero-order valence-electron chi connectivity index (χ0n) is 22.1. The van der Waals surface area contributed by atoms with Crippen molar-refractivity contribution in [3.05, 3.63) is 95.7 Å². The Kier molecular flexibility index (Phi) is 9.20. The fourth-order valence-electron chi connectivity index (χ4n) is 4.55. The third kappa shape index (κ3) is 7.39. The summed E-state index contributed by atoms with van der Waals surface area (Å²) in [5.41, 5.74) is 3.83. The van der Waals surface area contributed by atoms with Gasteiger partial charge in [-0.2, -0.15) is 5.26 Å². The van der Waals surface area contributed by atoms with Gasteiger partial charge in [-0.3, -0.25) is 9.59 Å². The van der Waals surface area contributed by atoms with E-state index in [2.05, 4.69) is 16.4 Å². The summed E-state index contributed by atoms with van der Waals surface area (Å²) in [4.78, 5) is 30.7. The molecule has 202 valence electrons. The van der Waals surface area contributed by atoms with Crippen molar-refractivity contribution in [2.24, 2.45) is 0 Å². The van der Waals surface area contributed by atoms with Gasteiger partial charge in [0.1, 0.15) is 11.5 Å². The highest BCUT2D eigenvalue weighted by molar-refractivity contribution is 5.83. The zero-order chi connectivity index (χ0) is 27.6. The topological polar surface area (TPSA) is 107 Å². The van der Waals surface area contributed by atoms with Gasteiger partial charge in [-0.05, 0) is 41.8 Å². The van der Waals surface area contributed by atoms with Crippen LogP contribution in [0.1, 0.15) is 25.0 Å². The molecule has 8 nitrogen and oxygen atoms in total. The lowest BCUT2D eigenvalue weighted by molar-refractivity contribution is -0.131. The van der Waals surface area contributed by atoms with Gasteiger partial charge in [-0.25, -0.2) is 0 Å². The summed E-state index contributed by atoms with van der Waals surface area (Å²) in [7, 11) is 1.61. The van der Waals surface area contributed by atoms with Crippen LogP contribution in [0, 0.1) is 11.3 Å². The highest BCUT2D eigenvalue weighted by Crippen LogP contribution is 2.22. The number of hydrogen-bond donors (Lipinski definition) is 2. The number of benzene rings is 3. The number of aromatic amines is 1. The van der Waals surface area contributed by atoms with Crippen LogP contribution in [0.15, 0.2) is 79.0 Å². The number of nitrogens with zero attached hydrogens (tertiary/aromatic N) is 2. The molecule has 0 saturated heterocycles. The molecule has 0 aliphatic heterocycles. The number of nitrogens with one attached hydrogen (secondary N) is 2. The minimum Gasteiger partial charge on any atom is -0.496 e. The van der Waals surface area contributed by atoms with Crippen LogP contribution in [0.3, 0.4) is 0 Å². The molecular formula is C31H34N4O4. The zero-order valence-corrected chi connectivity index (χ0v) is 22.1. The lowest BCUT2D eigenvalue weighted by Gasteiger charge is -2.28. The number of fused-ring (bicyclic) bond motifs is 1. The number of methoxy groups -OCH3 is 1. The molecule has 39 heavy (non-hydrogen) atoms. The number of nitriles is 1. The molecule has 4 aromatic rings. The third-order valence-corrected chi connectivity index (χ3v) is 6.52. The Morgan fingerprint density at radius 1 is 1.05 bits per heavy atom. The minimum atomic E-state index is -0.364. The van der Waals surface area contributed by atoms with E-state index in [-0.39, 0.29) is 25.9 Å². The average molecular weight is 527 g/mol. The summed E-state index contributed by atoms with van der Waals surface area (Å²) in [6, 6.07) is 24.4. The van der Waals surface area contributed by atoms with Crippen LogP contribution in [-0.2, 0) is 29.0 Å². The maximum atomic E-state index is 13.0. The van der Waals surface area contributed by atoms with E-state index >= 15 is 0 Å². The van der Waals surface area contributed by atoms with Crippen molar-refractivity contribution in [1.29, 1.82) is 5.26 Å². The van der Waals surface area contributed by atoms with Gasteiger partial charge < -0.3 is 24.7 Å². The second kappa shape index (κ2) is 13.2. The molecular weight excluding hydrogens is 492 g/mol. The summed E-state index contributed by atoms with van der Waals surface area (Å²) < 4.78 is 11.2. The molecule has 0 bridgehead atoms. The van der Waals surface area contributed by atoms with Gasteiger partial charge in [-0.15, -0.1) is 0 Å². The quantitative estimate of drug-likeness (QED) is 0.280. The normalized spacial score (nSPS) is 11.4. The SMILES string of the molecule is COc1ccccc1CN(CC(Cc1c[nH]c2ccccc12)NC(=O)COc1ccc(CC#N)cc1)C(C)=O.[HH]. The summed E-state index contributed by atoms with van der Waals surface area (Å²) >= 11 is 0. The number of hydrogen-bond acceptors (Lipinski definition) is 5. The molecule has 0 radical (unpaired) electrons. The first-order chi connectivity index (χ1) is 19.0. The van der Waals surface area contributed by atoms with Crippen LogP contribution in [0.5, 0.6) is 11.5 Å². The Morgan fingerprint density at radius 3 is 2.54 bits per heavy atom. The molecule has 4 rings (SSSR count). The minimum absolute atomic E-state index is 0. The van der Waals surface area contributed by atoms with E-state index < -0.39 is 0 Å². The number of amides is 2. The molecule has 0 saturated carbocycles. The Balaban J connectivity index is 0.00000441. The van der Waals surface area contributed by atoms with Gasteiger partial charge in [0.05, 0.1) is 25.6 Å². The molecule has 8 heteroatoms. The molecule has 0 aliphatic rings. The third-order valence-electron chi connectivity index (χ3n) is 6.52. The van der Waals surface area contributed by atoms with E-state index in [1.807, 2.05) is 54.7 Å². The Bertz CT molecular complexity index is 1460. The molecule has 1 aromatic heterocycles. The Hall–Kier alpha value is -4.77. The van der Waals surface area contributed by atoms with Crippen molar-refractivity contribution in [1.82, 2.24) is 15.2 Å². The second-order valence-electron chi connectivity index (χ2n) is 9.31. The van der Waals surface area contributed by atoms with Crippen LogP contribution in [0.25, 0.3) is 10.9 Å². The van der Waals surface area contributed by atoms with Crippen LogP contribution in [-0.4, -0.2) is 48.0 Å². The molecule has 0 spiro atoms. The standard InChI is InChI=1S/C31H32N4O4.H2/c1-22(36)35(19-24-7-3-6-10-30(24)38-2)20-26(17-25-18-33-29-9-5-4-8-28(25)29)34-31(37)21-39-27-13-11-23(12-14-27)15-16-32;/h3-14,18,26,33H,15,17,19-21H2,1-2H3,(H,34,37);1H. The molecule has 0 aliphatic carbocycles. The van der Waals surface area contributed by atoms with Crippen molar-refractivity contribution in [3.63, 3.8) is 0 Å². The van der Waals surface area contributed by atoms with Crippen molar-refractivity contribution < 1.29 is 20.5 Å². The van der Waals surface area contributed by atoms with Crippen molar-refractivity contribution in [3.8, 4) is 17.6 Å². The lowest BCUT2D eigenvalue weighted by atomic mass is 10.0. The fraction of sp³-hybridized carbons (Fsp3) is 0.258. The predicted molar refractivity (Wildman–Crippen MR) is 151 cm³/mol. The molecule has 1 unspecified atom stereocenters. The molecule has 3 aromatic carbocycles. The summed E-state index contributed by atoms with van der Waals surface area (Å²) in [5, 5.41) is 13.0. The Labute approximate surface area is 229 Å². The largest absolute Gasteiger partial charge is 0.496 e. The maximum Gasteiger partial charge on any atom is 0.258 e. The van der Waals surface area contributed by atoms with Crippen LogP contribution in [0.4, 0.5) is 0 Å². The molecule has 2 amide bonds. The lowest BCUT2D eigenvalue weighted by Crippen LogP contribution is -2.47. The van der Waals surface area contributed by atoms with Crippen molar-refractivity contribution >= 4 is 22.7 Å². The summed E-state index contributed by atoms with van der Waals surface area (Å²) in [6.45, 7) is 2.01. The highest BCUT2D eigenvalue weighted by atomic mass is 16.5. The maximum absolute atomic E-state index is 13.0. The van der Waals surface area contributed by atoms with Crippen molar-refractivity contribution in [2.45, 2.75) is 32.4 Å². The van der Waals surface area contributed by atoms with E-state index in [1.54, 1.807) is 36.3 Å². The number of para-hydroxylation sites is 2. The number of carbonyl (C=O) groups is 2. The first kappa shape index (κ1) is 27.3. The number of H-pyrrole nitrogens is 1. The number of ether oxygens (including phenoxy) is 2. The smallest absolute Gasteiger partial charge is 0.258 e. The molecule has 2 N–H and O–H groups in total. The second-order valence-corrected chi connectivity index (χ2v) is 9.31. The summed E-state index contributed by atoms with van der Waals surface area (Å²) in [6.07, 6.45) is 2.79. The Morgan fingerprint density at radius 2 is 1.79 bits per heavy atom. The van der Waals surface area contributed by atoms with Gasteiger partial charge in [0, 0.05) is 44.1 Å². The number of carbonyl (C=O) groups excluding carboxylic acids is 2. The number of aromatic nitrogens is 1. The highest BCUT2D eigenvalue weighted by Gasteiger charge is 2.22. The van der Waals surface area contributed by atoms with Gasteiger partial charge >= 0.3 is 0 Å². The monoisotopic (exact) mass is 526 g/mol. The molecule has 1 atom stereocenters. The molecule has 1 heterocycles. The van der Waals surface area contributed by atoms with Gasteiger partial charge in [-0.1, -0.05) is 48.5 Å². The first-order valence-electron chi connectivity index (χ1n) is 12.8. The van der Waals surface area contributed by atoms with Crippen molar-refractivity contribution in [2.75, 3.05) is 20.3 Å². The van der Waals surface area contributed by atoms with E-state index in [0.717, 1.165) is 27.6 Å². The van der Waals surface area contributed by atoms with Gasteiger partial charge in [0.25, 0.3) is 5.91 Å². The van der Waals surface area contributed by atoms with E-state index in [4.69, 9.17) is 14.7 Å². The van der Waals surface area contributed by atoms with Crippen LogP contribution >= 0.6 is 0 Å². The van der Waals surface area contributed by atoms with Gasteiger partial charge in [0.2, 0.25) is 5.91 Å². The van der Waals surface area contributed by atoms with E-state index in [1.165, 1.54) is 6.92 Å². The number of rotatable bonds is 12. The van der Waals surface area contributed by atoms with Gasteiger partial charge in [0.15, 0.2) is 6.61 Å². The predicted octanol–water partition coefficient (Wildman–Crippen LogP) is 4.64. The molecule has 0 fully saturated rings. The summed E-state index contributed by atoms with van der Waals surface area (Å²) in [5.74, 6) is 0.853. The van der Waals surface area contributed by atoms with Crippen LogP contribution < -0.4 is 14.8 Å².